The molecule has 10 rings (SSSR count). The summed E-state index contributed by atoms with van der Waals surface area (Å²) in [6, 6.07) is 9.98. The number of hydrogen-bond donors (Lipinski definition) is 10. The highest BCUT2D eigenvalue weighted by Crippen LogP contribution is 2.36. The highest BCUT2D eigenvalue weighted by Gasteiger charge is 2.50. The van der Waals surface area contributed by atoms with Gasteiger partial charge in [-0.25, -0.2) is 13.2 Å². The van der Waals surface area contributed by atoms with E-state index in [0.717, 1.165) is 11.8 Å². The average molecular weight is 1540 g/mol. The Morgan fingerprint density at radius 1 is 0.782 bits per heavy atom. The number of primary amides is 1. The van der Waals surface area contributed by atoms with E-state index in [0.29, 0.717) is 57.5 Å². The maximum Gasteiger partial charge on any atom is 0.397 e. The minimum Gasteiger partial charge on any atom is -0.497 e. The van der Waals surface area contributed by atoms with Gasteiger partial charge in [-0.05, 0) is 160 Å². The van der Waals surface area contributed by atoms with Crippen molar-refractivity contribution in [2.24, 2.45) is 29.2 Å². The molecule has 4 aromatic carbocycles. The Hall–Kier alpha value is -10.5. The number of aromatic nitrogens is 1. The van der Waals surface area contributed by atoms with Gasteiger partial charge < -0.3 is 72.7 Å². The fraction of sp³-hybridized carbons (Fsp3) is 0.487. The minimum atomic E-state index is -5.04. The maximum atomic E-state index is 16.2. The van der Waals surface area contributed by atoms with E-state index in [1.807, 2.05) is 5.32 Å². The number of benzene rings is 4. The Bertz CT molecular complexity index is 4270. The van der Waals surface area contributed by atoms with Crippen LogP contribution in [-0.2, 0) is 83.2 Å². The number of methoxy groups -OCH3 is 1. The lowest BCUT2D eigenvalue weighted by Gasteiger charge is -2.37. The number of Topliss-reactive ketones (excluding diaryl/α,β-unsaturated/α-hetero) is 3. The summed E-state index contributed by atoms with van der Waals surface area (Å²) in [5.41, 5.74) is 13.2. The number of ether oxygens (including phenoxy) is 2. The van der Waals surface area contributed by atoms with Crippen LogP contribution in [0.5, 0.6) is 11.5 Å². The third-order valence-corrected chi connectivity index (χ3v) is 20.7. The van der Waals surface area contributed by atoms with Crippen LogP contribution in [0.4, 0.5) is 26.3 Å². The largest absolute Gasteiger partial charge is 0.497 e. The number of nitrogens with two attached hydrogens (primary N) is 2. The Morgan fingerprint density at radius 3 is 2.15 bits per heavy atom. The van der Waals surface area contributed by atoms with Crippen molar-refractivity contribution in [1.29, 1.82) is 0 Å². The molecule has 26 nitrogen and oxygen atoms in total. The van der Waals surface area contributed by atoms with Gasteiger partial charge >= 0.3 is 6.18 Å². The van der Waals surface area contributed by atoms with Crippen molar-refractivity contribution in [1.82, 2.24) is 46.7 Å². The first-order valence-electron chi connectivity index (χ1n) is 36.7. The van der Waals surface area contributed by atoms with Crippen LogP contribution in [0, 0.1) is 29.4 Å². The molecule has 1 aliphatic carbocycles. The van der Waals surface area contributed by atoms with Crippen molar-refractivity contribution in [3.05, 3.63) is 137 Å². The molecule has 0 saturated carbocycles. The number of aliphatic hydroxyl groups is 1. The number of aliphatic hydroxyl groups excluding tert-OH is 1. The van der Waals surface area contributed by atoms with E-state index in [1.54, 1.807) is 42.5 Å². The van der Waals surface area contributed by atoms with Gasteiger partial charge in [0, 0.05) is 79.9 Å². The monoisotopic (exact) mass is 1540 g/mol. The molecular formula is C78H93F6N11O15. The van der Waals surface area contributed by atoms with Crippen LogP contribution in [0.2, 0.25) is 0 Å². The van der Waals surface area contributed by atoms with Gasteiger partial charge in [0.2, 0.25) is 53.2 Å². The average Bonchev–Trinajstić information content (AvgIpc) is 1.58. The molecule has 32 heteroatoms. The van der Waals surface area contributed by atoms with Gasteiger partial charge in [-0.1, -0.05) is 42.8 Å². The summed E-state index contributed by atoms with van der Waals surface area (Å²) in [6.45, 7) is 2.83. The standard InChI is InChI=1S/C78H93F6N11O15/c1-42-64(97)33-50(30-51-40-88-59-22-17-53(80)36-58(51)59)72(104)91-62(31-47-14-13-46-15-16-52(79)35-57(46)47)75(107)94-41-54(81)37-63(94)73(105)93-69(43(2)96)74(106)92-61(29-45-9-18-55(109-4)19-10-45)76(108)95-26-7-23-77(95,3)66(99)34-49(70(86)102)28-44-11-20-56(21-12-44)110-27-25-87-67(100)38-60(90-68(101)39-78(82,83)84)65(98)32-48(71(103)89-42)8-5-6-24-85/h9-12,14-22,35-36,40,42-43,48-50,54,60-63,69,88,96H,5-8,13,23-34,37-39,41,85H2,1-4H3,(H2,86,102)(H,87,100)(H,89,103)(H,90,101)(H,91,104)(H,92,106)(H,93,105)/t42-,43-,48-,49-,50-,54+,60+,61+,62+,63+,69+,77+/m1/s1. The molecule has 2 bridgehead atoms. The normalized spacial score (nSPS) is 25.5. The van der Waals surface area contributed by atoms with E-state index < -0.39 is 212 Å². The lowest BCUT2D eigenvalue weighted by atomic mass is 9.84. The fourth-order valence-corrected chi connectivity index (χ4v) is 14.6. The maximum absolute atomic E-state index is 16.2. The summed E-state index contributed by atoms with van der Waals surface area (Å²) in [4.78, 5) is 179. The molecule has 9 amide bonds. The van der Waals surface area contributed by atoms with Crippen molar-refractivity contribution < 1.29 is 98.5 Å². The first kappa shape index (κ1) is 83.5. The summed E-state index contributed by atoms with van der Waals surface area (Å²) >= 11 is 0. The molecule has 2 fully saturated rings. The lowest BCUT2D eigenvalue weighted by Crippen LogP contribution is -2.62. The molecule has 12 atom stereocenters. The van der Waals surface area contributed by atoms with Crippen LogP contribution in [0.25, 0.3) is 16.5 Å². The number of nitrogens with one attached hydrogen (secondary N) is 7. The van der Waals surface area contributed by atoms with Gasteiger partial charge in [0.05, 0.1) is 50.3 Å². The number of hydrogen-bond acceptors (Lipinski definition) is 16. The Labute approximate surface area is 630 Å². The van der Waals surface area contributed by atoms with Crippen LogP contribution in [0.3, 0.4) is 0 Å². The van der Waals surface area contributed by atoms with Gasteiger partial charge in [0.25, 0.3) is 0 Å². The smallest absolute Gasteiger partial charge is 0.397 e. The minimum absolute atomic E-state index is 0.000447. The molecule has 592 valence electrons. The third-order valence-electron chi connectivity index (χ3n) is 20.7. The SMILES string of the molecule is COc1ccc(C[C@@H]2NC(=O)[C@H]([C@@H](C)O)NC(=O)[C@@H]3C[C@H](F)CN3C(=O)[C@H](CC3=CCc4ccc(F)cc43)NC(=O)[C@H](Cc3c[nH]c4ccc(F)cc34)CC(=O)[C@@H](C)NC(=O)[C@H](CCCCN)CC(=O)[C@@H](NC(=O)CC(F)(F)F)CC(=O)NCCOc3ccc(cc3)C[C@@H](C(N)=O)CC(=O)[C@]3(C)CCCN3C2=O)cc1. The number of unbranched alkanes of at least 4 members (excludes halogenated alkanes) is 1. The summed E-state index contributed by atoms with van der Waals surface area (Å²) < 4.78 is 98.3. The van der Waals surface area contributed by atoms with Crippen molar-refractivity contribution in [2.75, 3.05) is 39.9 Å². The van der Waals surface area contributed by atoms with Gasteiger partial charge in [-0.3, -0.25) is 57.5 Å². The first-order valence-corrected chi connectivity index (χ1v) is 36.7. The van der Waals surface area contributed by atoms with Crippen molar-refractivity contribution in [3.63, 3.8) is 0 Å². The number of alkyl halides is 4. The van der Waals surface area contributed by atoms with Crippen LogP contribution < -0.4 is 52.8 Å². The molecule has 0 unspecified atom stereocenters. The number of nitrogens with zero attached hydrogens (tertiary/aromatic N) is 2. The highest BCUT2D eigenvalue weighted by atomic mass is 19.4. The molecule has 5 aliphatic rings. The molecular weight excluding hydrogens is 1440 g/mol. The number of allylic oxidation sites excluding steroid dienone is 1. The molecule has 0 spiro atoms. The third kappa shape index (κ3) is 21.9. The van der Waals surface area contributed by atoms with Gasteiger partial charge in [0.15, 0.2) is 17.3 Å². The number of amides is 9. The van der Waals surface area contributed by atoms with Crippen LogP contribution in [0.15, 0.2) is 97.2 Å². The van der Waals surface area contributed by atoms with Crippen molar-refractivity contribution in [3.8, 4) is 11.5 Å². The zero-order chi connectivity index (χ0) is 79.9. The summed E-state index contributed by atoms with van der Waals surface area (Å²) in [6.07, 6.45) is -11.2. The van der Waals surface area contributed by atoms with Crippen molar-refractivity contribution >= 4 is 87.0 Å². The predicted octanol–water partition coefficient (Wildman–Crippen LogP) is 4.85. The fourth-order valence-electron chi connectivity index (χ4n) is 14.6. The van der Waals surface area contributed by atoms with Crippen LogP contribution in [-0.4, -0.2) is 191 Å². The molecule has 5 heterocycles. The second-order valence-corrected chi connectivity index (χ2v) is 28.9. The molecule has 4 aliphatic heterocycles. The molecule has 2 saturated heterocycles. The molecule has 5 aromatic rings. The lowest BCUT2D eigenvalue weighted by molar-refractivity contribution is -0.155. The van der Waals surface area contributed by atoms with Crippen LogP contribution >= 0.6 is 0 Å². The predicted molar refractivity (Wildman–Crippen MR) is 388 cm³/mol. The first-order chi connectivity index (χ1) is 52.2. The second-order valence-electron chi connectivity index (χ2n) is 28.9. The zero-order valence-electron chi connectivity index (χ0n) is 61.4. The highest BCUT2D eigenvalue weighted by molar-refractivity contribution is 6.01. The number of ketones is 3. The number of H-pyrrole nitrogens is 1. The summed E-state index contributed by atoms with van der Waals surface area (Å²) in [5, 5.41) is 26.6. The van der Waals surface area contributed by atoms with Gasteiger partial charge in [0.1, 0.15) is 66.5 Å². The Morgan fingerprint density at radius 2 is 1.46 bits per heavy atom. The van der Waals surface area contributed by atoms with Gasteiger partial charge in [-0.15, -0.1) is 0 Å². The van der Waals surface area contributed by atoms with E-state index in [1.165, 1.54) is 80.6 Å². The zero-order valence-corrected chi connectivity index (χ0v) is 61.4. The number of halogens is 6. The van der Waals surface area contributed by atoms with E-state index in [9.17, 15) is 61.4 Å². The van der Waals surface area contributed by atoms with Crippen LogP contribution in [0.1, 0.15) is 126 Å². The molecule has 0 radical (unpaired) electrons. The van der Waals surface area contributed by atoms with E-state index in [4.69, 9.17) is 20.9 Å². The summed E-state index contributed by atoms with van der Waals surface area (Å²) in [5.74, 6) is -16.6. The number of carbonyl (C=O) groups is 12. The Balaban J connectivity index is 1.07. The van der Waals surface area contributed by atoms with E-state index in [-0.39, 0.29) is 82.3 Å². The van der Waals surface area contributed by atoms with E-state index in [2.05, 4.69) is 31.6 Å². The topological polar surface area (TPSA) is 390 Å². The number of fused-ring (bicyclic) bond motifs is 32. The molecule has 12 N–H and O–H groups in total. The molecule has 110 heavy (non-hydrogen) atoms. The number of aromatic amines is 1. The van der Waals surface area contributed by atoms with E-state index >= 15 is 27.6 Å². The van der Waals surface area contributed by atoms with Crippen molar-refractivity contribution in [2.45, 2.75) is 184 Å². The second kappa shape index (κ2) is 37.3. The Kier molecular flexibility index (Phi) is 28.3. The number of carbonyl (C=O) groups excluding carboxylic acids is 12. The molecule has 1 aromatic heterocycles. The van der Waals surface area contributed by atoms with Gasteiger partial charge in [-0.2, -0.15) is 13.2 Å². The summed E-state index contributed by atoms with van der Waals surface area (Å²) in [7, 11) is 1.44. The quantitative estimate of drug-likeness (QED) is 0.0495. The number of rotatable bonds is 15.